The number of carbonyl (C=O) groups excluding carboxylic acids is 2. The summed E-state index contributed by atoms with van der Waals surface area (Å²) in [4.78, 5) is 34.9. The predicted molar refractivity (Wildman–Crippen MR) is 70.5 cm³/mol. The van der Waals surface area contributed by atoms with Gasteiger partial charge in [-0.15, -0.1) is 0 Å². The van der Waals surface area contributed by atoms with Crippen molar-refractivity contribution in [2.75, 3.05) is 0 Å². The molecule has 0 spiro atoms. The molecule has 1 atom stereocenters. The fourth-order valence-corrected chi connectivity index (χ4v) is 1.88. The molecular weight excluding hydrogens is 262 g/mol. The Morgan fingerprint density at radius 1 is 1.40 bits per heavy atom. The summed E-state index contributed by atoms with van der Waals surface area (Å²) in [6, 6.07) is 1.43. The van der Waals surface area contributed by atoms with Gasteiger partial charge in [-0.2, -0.15) is 0 Å². The Labute approximate surface area is 116 Å². The third-order valence-corrected chi connectivity index (χ3v) is 3.12. The summed E-state index contributed by atoms with van der Waals surface area (Å²) in [5.41, 5.74) is 0.144. The summed E-state index contributed by atoms with van der Waals surface area (Å²) >= 11 is 0. The van der Waals surface area contributed by atoms with Crippen LogP contribution in [0.3, 0.4) is 0 Å². The van der Waals surface area contributed by atoms with Crippen LogP contribution in [0.4, 0.5) is 0 Å². The molecule has 0 saturated heterocycles. The lowest BCUT2D eigenvalue weighted by molar-refractivity contribution is -0.129. The first kappa shape index (κ1) is 14.3. The van der Waals surface area contributed by atoms with E-state index in [0.717, 1.165) is 12.8 Å². The van der Waals surface area contributed by atoms with Crippen LogP contribution in [0, 0.1) is 13.8 Å². The third-order valence-electron chi connectivity index (χ3n) is 3.12. The van der Waals surface area contributed by atoms with Crippen LogP contribution in [-0.4, -0.2) is 24.0 Å². The zero-order valence-electron chi connectivity index (χ0n) is 11.7. The largest absolute Gasteiger partial charge is 0.449 e. The summed E-state index contributed by atoms with van der Waals surface area (Å²) in [7, 11) is 0. The van der Waals surface area contributed by atoms with E-state index in [1.54, 1.807) is 6.92 Å². The highest BCUT2D eigenvalue weighted by Crippen LogP contribution is 2.19. The summed E-state index contributed by atoms with van der Waals surface area (Å²) in [6.07, 6.45) is 1.05. The van der Waals surface area contributed by atoms with Crippen molar-refractivity contribution in [2.24, 2.45) is 0 Å². The minimum absolute atomic E-state index is 0.190. The number of ether oxygens (including phenoxy) is 1. The Bertz CT molecular complexity index is 574. The van der Waals surface area contributed by atoms with E-state index in [-0.39, 0.29) is 23.3 Å². The Kier molecular flexibility index (Phi) is 3.92. The van der Waals surface area contributed by atoms with E-state index >= 15 is 0 Å². The molecule has 1 saturated carbocycles. The molecule has 0 aromatic carbocycles. The first-order valence-electron chi connectivity index (χ1n) is 6.51. The Balaban J connectivity index is 2.07. The first-order chi connectivity index (χ1) is 9.38. The highest BCUT2D eigenvalue weighted by molar-refractivity contribution is 5.94. The van der Waals surface area contributed by atoms with Crippen molar-refractivity contribution < 1.29 is 18.7 Å². The van der Waals surface area contributed by atoms with Gasteiger partial charge in [0.05, 0.1) is 0 Å². The Hall–Kier alpha value is -2.11. The molecule has 0 radical (unpaired) electrons. The topological polar surface area (TPSA) is 85.6 Å². The molecule has 0 aliphatic heterocycles. The number of esters is 1. The fraction of sp³-hybridized carbons (Fsp3) is 0.500. The highest BCUT2D eigenvalue weighted by atomic mass is 16.5. The summed E-state index contributed by atoms with van der Waals surface area (Å²) in [5.74, 6) is -0.787. The predicted octanol–water partition coefficient (Wildman–Crippen LogP) is 1.08. The van der Waals surface area contributed by atoms with Gasteiger partial charge in [0, 0.05) is 12.1 Å². The molecule has 108 valence electrons. The maximum Gasteiger partial charge on any atom is 0.342 e. The summed E-state index contributed by atoms with van der Waals surface area (Å²) in [6.45, 7) is 4.65. The molecule has 6 heteroatoms. The van der Waals surface area contributed by atoms with Crippen LogP contribution in [0.2, 0.25) is 0 Å². The lowest BCUT2D eigenvalue weighted by Gasteiger charge is -2.14. The number of rotatable bonds is 4. The van der Waals surface area contributed by atoms with Crippen molar-refractivity contribution in [1.82, 2.24) is 5.32 Å². The van der Waals surface area contributed by atoms with E-state index in [1.165, 1.54) is 19.9 Å². The van der Waals surface area contributed by atoms with E-state index in [0.29, 0.717) is 5.56 Å². The van der Waals surface area contributed by atoms with Gasteiger partial charge in [-0.3, -0.25) is 4.79 Å². The van der Waals surface area contributed by atoms with Crippen LogP contribution in [0.5, 0.6) is 0 Å². The van der Waals surface area contributed by atoms with E-state index in [9.17, 15) is 14.4 Å². The second kappa shape index (κ2) is 5.48. The zero-order chi connectivity index (χ0) is 14.9. The summed E-state index contributed by atoms with van der Waals surface area (Å²) < 4.78 is 9.99. The second-order valence-electron chi connectivity index (χ2n) is 5.01. The van der Waals surface area contributed by atoms with E-state index < -0.39 is 17.7 Å². The molecule has 20 heavy (non-hydrogen) atoms. The SMILES string of the molecule is Cc1cc(=O)oc(C)c1C(=O)OC(C)C(=O)NC1CC1. The monoisotopic (exact) mass is 279 g/mol. The molecule has 1 aromatic rings. The lowest BCUT2D eigenvalue weighted by Crippen LogP contribution is -2.37. The lowest BCUT2D eigenvalue weighted by atomic mass is 10.1. The molecule has 0 bridgehead atoms. The minimum atomic E-state index is -0.881. The van der Waals surface area contributed by atoms with Gasteiger partial charge in [-0.1, -0.05) is 0 Å². The van der Waals surface area contributed by atoms with Gasteiger partial charge in [-0.05, 0) is 39.2 Å². The standard InChI is InChI=1S/C14H17NO5/c1-7-6-11(16)19-8(2)12(7)14(18)20-9(3)13(17)15-10-4-5-10/h6,9-10H,4-5H2,1-3H3,(H,15,17). The average Bonchev–Trinajstić information content (AvgIpc) is 3.11. The number of hydrogen-bond acceptors (Lipinski definition) is 5. The number of hydrogen-bond donors (Lipinski definition) is 1. The summed E-state index contributed by atoms with van der Waals surface area (Å²) in [5, 5.41) is 2.76. The van der Waals surface area contributed by atoms with Crippen molar-refractivity contribution in [3.05, 3.63) is 33.4 Å². The van der Waals surface area contributed by atoms with Crippen molar-refractivity contribution in [2.45, 2.75) is 45.8 Å². The molecule has 1 N–H and O–H groups in total. The van der Waals surface area contributed by atoms with Crippen LogP contribution < -0.4 is 10.9 Å². The highest BCUT2D eigenvalue weighted by Gasteiger charge is 2.28. The number of carbonyl (C=O) groups is 2. The van der Waals surface area contributed by atoms with Crippen LogP contribution in [0.1, 0.15) is 41.4 Å². The quantitative estimate of drug-likeness (QED) is 0.833. The molecule has 1 fully saturated rings. The van der Waals surface area contributed by atoms with Crippen LogP contribution in [0.15, 0.2) is 15.3 Å². The van der Waals surface area contributed by atoms with Crippen LogP contribution in [-0.2, 0) is 9.53 Å². The van der Waals surface area contributed by atoms with Gasteiger partial charge in [-0.25, -0.2) is 9.59 Å². The van der Waals surface area contributed by atoms with E-state index in [4.69, 9.17) is 9.15 Å². The molecule has 1 aliphatic rings. The first-order valence-corrected chi connectivity index (χ1v) is 6.51. The van der Waals surface area contributed by atoms with Crippen molar-refractivity contribution >= 4 is 11.9 Å². The molecule has 6 nitrogen and oxygen atoms in total. The maximum absolute atomic E-state index is 12.0. The molecular formula is C14H17NO5. The molecule has 1 heterocycles. The van der Waals surface area contributed by atoms with Gasteiger partial charge in [0.1, 0.15) is 11.3 Å². The van der Waals surface area contributed by atoms with Crippen LogP contribution >= 0.6 is 0 Å². The molecule has 1 aromatic heterocycles. The number of nitrogens with one attached hydrogen (secondary N) is 1. The van der Waals surface area contributed by atoms with Crippen LogP contribution in [0.25, 0.3) is 0 Å². The van der Waals surface area contributed by atoms with Gasteiger partial charge < -0.3 is 14.5 Å². The molecule has 1 unspecified atom stereocenters. The molecule has 2 rings (SSSR count). The minimum Gasteiger partial charge on any atom is -0.449 e. The maximum atomic E-state index is 12.0. The third kappa shape index (κ3) is 3.26. The van der Waals surface area contributed by atoms with E-state index in [2.05, 4.69) is 5.32 Å². The number of amides is 1. The van der Waals surface area contributed by atoms with Gasteiger partial charge in [0.2, 0.25) is 0 Å². The van der Waals surface area contributed by atoms with E-state index in [1.807, 2.05) is 0 Å². The second-order valence-corrected chi connectivity index (χ2v) is 5.01. The smallest absolute Gasteiger partial charge is 0.342 e. The molecule has 1 amide bonds. The van der Waals surface area contributed by atoms with Gasteiger partial charge >= 0.3 is 11.6 Å². The van der Waals surface area contributed by atoms with Crippen molar-refractivity contribution in [1.29, 1.82) is 0 Å². The Morgan fingerprint density at radius 3 is 2.60 bits per heavy atom. The molecule has 1 aliphatic carbocycles. The average molecular weight is 279 g/mol. The fourth-order valence-electron chi connectivity index (χ4n) is 1.88. The van der Waals surface area contributed by atoms with Crippen molar-refractivity contribution in [3.8, 4) is 0 Å². The van der Waals surface area contributed by atoms with Gasteiger partial charge in [0.15, 0.2) is 6.10 Å². The van der Waals surface area contributed by atoms with Gasteiger partial charge in [0.25, 0.3) is 5.91 Å². The Morgan fingerprint density at radius 2 is 2.05 bits per heavy atom. The van der Waals surface area contributed by atoms with Crippen molar-refractivity contribution in [3.63, 3.8) is 0 Å². The number of aryl methyl sites for hydroxylation is 2. The zero-order valence-corrected chi connectivity index (χ0v) is 11.7. The normalized spacial score (nSPS) is 15.6.